The molecule has 0 bridgehead atoms. The van der Waals surface area contributed by atoms with E-state index < -0.39 is 11.8 Å². The molecule has 176 valence electrons. The Bertz CT molecular complexity index is 1010. The summed E-state index contributed by atoms with van der Waals surface area (Å²) in [5, 5.41) is 0. The number of hydrazine groups is 1. The molecule has 1 fully saturated rings. The molecule has 0 radical (unpaired) electrons. The third-order valence-corrected chi connectivity index (χ3v) is 5.76. The van der Waals surface area contributed by atoms with Crippen LogP contribution in [0, 0.1) is 12.7 Å². The van der Waals surface area contributed by atoms with Gasteiger partial charge in [0.05, 0.1) is 25.4 Å². The summed E-state index contributed by atoms with van der Waals surface area (Å²) in [5.74, 6) is 0.213. The molecule has 0 saturated carbocycles. The molecule has 0 spiro atoms. The molecule has 3 amide bonds. The number of hydrogen-bond donors (Lipinski definition) is 2. The van der Waals surface area contributed by atoms with Gasteiger partial charge in [-0.15, -0.1) is 0 Å². The van der Waals surface area contributed by atoms with E-state index in [0.29, 0.717) is 23.6 Å². The minimum absolute atomic E-state index is 0.175. The molecular weight excluding hydrogens is 427 g/mol. The van der Waals surface area contributed by atoms with Gasteiger partial charge in [-0.05, 0) is 44.5 Å². The summed E-state index contributed by atoms with van der Waals surface area (Å²) in [6.45, 7) is 6.41. The smallest absolute Gasteiger partial charge is 0.341 e. The van der Waals surface area contributed by atoms with Gasteiger partial charge in [-0.25, -0.2) is 14.6 Å². The first-order chi connectivity index (χ1) is 16.0. The van der Waals surface area contributed by atoms with Gasteiger partial charge < -0.3 is 9.47 Å². The van der Waals surface area contributed by atoms with Gasteiger partial charge in [0.15, 0.2) is 5.75 Å². The fourth-order valence-electron chi connectivity index (χ4n) is 3.97. The van der Waals surface area contributed by atoms with Gasteiger partial charge in [0, 0.05) is 31.1 Å². The summed E-state index contributed by atoms with van der Waals surface area (Å²) in [7, 11) is 0. The number of hydrogen-bond acceptors (Lipinski definition) is 5. The van der Waals surface area contributed by atoms with Crippen LogP contribution in [-0.2, 0) is 16.1 Å². The number of fused-ring (bicyclic) bond motifs is 2. The van der Waals surface area contributed by atoms with Gasteiger partial charge in [0.2, 0.25) is 5.91 Å². The largest absolute Gasteiger partial charge is 0.455 e. The molecule has 0 unspecified atom stereocenters. The van der Waals surface area contributed by atoms with E-state index in [9.17, 15) is 14.0 Å². The zero-order valence-corrected chi connectivity index (χ0v) is 18.7. The highest BCUT2D eigenvalue weighted by atomic mass is 19.1. The average molecular weight is 457 g/mol. The molecule has 1 saturated heterocycles. The number of anilines is 1. The number of nitrogens with one attached hydrogen (secondary N) is 2. The van der Waals surface area contributed by atoms with Crippen LogP contribution in [0.1, 0.15) is 30.4 Å². The van der Waals surface area contributed by atoms with E-state index in [1.165, 1.54) is 23.1 Å². The Labute approximate surface area is 192 Å². The predicted octanol–water partition coefficient (Wildman–Crippen LogP) is 3.49. The number of ether oxygens (including phenoxy) is 2. The van der Waals surface area contributed by atoms with Crippen LogP contribution < -0.4 is 20.5 Å². The van der Waals surface area contributed by atoms with Gasteiger partial charge in [-0.3, -0.25) is 20.0 Å². The Morgan fingerprint density at radius 1 is 1.03 bits per heavy atom. The van der Waals surface area contributed by atoms with Crippen molar-refractivity contribution in [1.29, 1.82) is 0 Å². The van der Waals surface area contributed by atoms with Crippen molar-refractivity contribution < 1.29 is 23.5 Å². The topological polar surface area (TPSA) is 83.1 Å². The van der Waals surface area contributed by atoms with E-state index >= 15 is 0 Å². The highest BCUT2D eigenvalue weighted by Crippen LogP contribution is 2.39. The summed E-state index contributed by atoms with van der Waals surface area (Å²) in [4.78, 5) is 28.9. The fourth-order valence-corrected chi connectivity index (χ4v) is 3.97. The molecule has 33 heavy (non-hydrogen) atoms. The maximum atomic E-state index is 14.0. The standard InChI is InChI=1S/C24H29FN4O4/c1-17-5-7-21-18(14-17)16-29(20-15-19(25)6-8-22(20)33-21)24(31)27-26-23(30)4-2-3-9-28-10-12-32-13-11-28/h5-8,14-15H,2-4,9-13,16H2,1H3,(H,26,30)(H,27,31). The monoisotopic (exact) mass is 456 g/mol. The van der Waals surface area contributed by atoms with Crippen molar-refractivity contribution in [2.75, 3.05) is 37.7 Å². The predicted molar refractivity (Wildman–Crippen MR) is 122 cm³/mol. The molecule has 2 heterocycles. The maximum absolute atomic E-state index is 14.0. The Hall–Kier alpha value is -3.17. The number of aryl methyl sites for hydroxylation is 1. The molecule has 4 rings (SSSR count). The van der Waals surface area contributed by atoms with E-state index in [2.05, 4.69) is 15.8 Å². The third kappa shape index (κ3) is 6.00. The van der Waals surface area contributed by atoms with E-state index in [0.717, 1.165) is 56.8 Å². The van der Waals surface area contributed by atoms with Crippen molar-refractivity contribution in [2.24, 2.45) is 0 Å². The summed E-state index contributed by atoms with van der Waals surface area (Å²) in [6, 6.07) is 9.13. The van der Waals surface area contributed by atoms with Crippen molar-refractivity contribution in [3.8, 4) is 11.5 Å². The lowest BCUT2D eigenvalue weighted by molar-refractivity contribution is -0.121. The van der Waals surface area contributed by atoms with Crippen LogP contribution in [-0.4, -0.2) is 49.7 Å². The second kappa shape index (κ2) is 10.6. The molecule has 2 N–H and O–H groups in total. The number of unbranched alkanes of at least 4 members (excludes halogenated alkanes) is 1. The van der Waals surface area contributed by atoms with Crippen LogP contribution in [0.5, 0.6) is 11.5 Å². The van der Waals surface area contributed by atoms with Crippen molar-refractivity contribution in [3.63, 3.8) is 0 Å². The van der Waals surface area contributed by atoms with Crippen molar-refractivity contribution >= 4 is 17.6 Å². The summed E-state index contributed by atoms with van der Waals surface area (Å²) in [5.41, 5.74) is 7.02. The molecule has 2 aromatic rings. The number of carbonyl (C=O) groups is 2. The van der Waals surface area contributed by atoms with Crippen LogP contribution in [0.3, 0.4) is 0 Å². The Morgan fingerprint density at radius 2 is 1.82 bits per heavy atom. The number of morpholine rings is 1. The number of rotatable bonds is 5. The Kier molecular flexibility index (Phi) is 7.41. The molecule has 2 aliphatic rings. The lowest BCUT2D eigenvalue weighted by atomic mass is 10.1. The number of halogens is 1. The maximum Gasteiger partial charge on any atom is 0.341 e. The second-order valence-electron chi connectivity index (χ2n) is 8.30. The van der Waals surface area contributed by atoms with Gasteiger partial charge >= 0.3 is 6.03 Å². The molecule has 2 aromatic carbocycles. The van der Waals surface area contributed by atoms with Crippen molar-refractivity contribution in [1.82, 2.24) is 15.8 Å². The van der Waals surface area contributed by atoms with Crippen LogP contribution >= 0.6 is 0 Å². The highest BCUT2D eigenvalue weighted by Gasteiger charge is 2.26. The first-order valence-corrected chi connectivity index (χ1v) is 11.2. The molecule has 2 aliphatic heterocycles. The second-order valence-corrected chi connectivity index (χ2v) is 8.30. The average Bonchev–Trinajstić information content (AvgIpc) is 2.97. The zero-order valence-electron chi connectivity index (χ0n) is 18.7. The van der Waals surface area contributed by atoms with E-state index in [4.69, 9.17) is 9.47 Å². The SMILES string of the molecule is Cc1ccc2c(c1)CN(C(=O)NNC(=O)CCCCN1CCOCC1)c1cc(F)ccc1O2. The quantitative estimate of drug-likeness (QED) is 0.532. The van der Waals surface area contributed by atoms with Crippen LogP contribution in [0.4, 0.5) is 14.9 Å². The van der Waals surface area contributed by atoms with E-state index in [-0.39, 0.29) is 12.5 Å². The highest BCUT2D eigenvalue weighted by molar-refractivity contribution is 5.95. The minimum Gasteiger partial charge on any atom is -0.455 e. The van der Waals surface area contributed by atoms with Crippen molar-refractivity contribution in [2.45, 2.75) is 32.7 Å². The Morgan fingerprint density at radius 3 is 2.64 bits per heavy atom. The molecule has 8 nitrogen and oxygen atoms in total. The number of amides is 3. The lowest BCUT2D eigenvalue weighted by Crippen LogP contribution is -2.48. The molecule has 0 atom stereocenters. The Balaban J connectivity index is 1.34. The van der Waals surface area contributed by atoms with Crippen LogP contribution in [0.15, 0.2) is 36.4 Å². The lowest BCUT2D eigenvalue weighted by Gasteiger charge is -2.26. The summed E-state index contributed by atoms with van der Waals surface area (Å²) < 4.78 is 25.3. The number of carbonyl (C=O) groups excluding carboxylic acids is 2. The van der Waals surface area contributed by atoms with Crippen LogP contribution in [0.25, 0.3) is 0 Å². The van der Waals surface area contributed by atoms with E-state index in [1.807, 2.05) is 25.1 Å². The zero-order chi connectivity index (χ0) is 23.2. The van der Waals surface area contributed by atoms with Gasteiger partial charge in [-0.2, -0.15) is 0 Å². The summed E-state index contributed by atoms with van der Waals surface area (Å²) in [6.07, 6.45) is 1.92. The third-order valence-electron chi connectivity index (χ3n) is 5.76. The van der Waals surface area contributed by atoms with Gasteiger partial charge in [0.1, 0.15) is 11.6 Å². The first-order valence-electron chi connectivity index (χ1n) is 11.2. The fraction of sp³-hybridized carbons (Fsp3) is 0.417. The van der Waals surface area contributed by atoms with Gasteiger partial charge in [-0.1, -0.05) is 17.7 Å². The summed E-state index contributed by atoms with van der Waals surface area (Å²) >= 11 is 0. The van der Waals surface area contributed by atoms with Crippen LogP contribution in [0.2, 0.25) is 0 Å². The first kappa shape index (κ1) is 23.0. The molecule has 9 heteroatoms. The molecular formula is C24H29FN4O4. The minimum atomic E-state index is -0.568. The van der Waals surface area contributed by atoms with Gasteiger partial charge in [0.25, 0.3) is 0 Å². The van der Waals surface area contributed by atoms with Crippen molar-refractivity contribution in [3.05, 3.63) is 53.3 Å². The van der Waals surface area contributed by atoms with E-state index in [1.54, 1.807) is 0 Å². The number of nitrogens with zero attached hydrogens (tertiary/aromatic N) is 2. The molecule has 0 aromatic heterocycles. The molecule has 0 aliphatic carbocycles. The number of benzene rings is 2. The normalized spacial score (nSPS) is 15.6. The number of urea groups is 1.